The maximum atomic E-state index is 8.13. The van der Waals surface area contributed by atoms with Gasteiger partial charge in [-0.1, -0.05) is 13.3 Å². The fraction of sp³-hybridized carbons (Fsp3) is 1.00. The molecule has 0 aliphatic heterocycles. The summed E-state index contributed by atoms with van der Waals surface area (Å²) < 4.78 is 0. The summed E-state index contributed by atoms with van der Waals surface area (Å²) in [5.74, 6) is -1.26. The van der Waals surface area contributed by atoms with Gasteiger partial charge in [0.1, 0.15) is 0 Å². The van der Waals surface area contributed by atoms with Crippen LogP contribution >= 0.6 is 0 Å². The highest BCUT2D eigenvalue weighted by Gasteiger charge is 2.25. The molecule has 0 amide bonds. The highest BCUT2D eigenvalue weighted by molar-refractivity contribution is 4.56. The summed E-state index contributed by atoms with van der Waals surface area (Å²) >= 11 is 0. The molecule has 0 saturated heterocycles. The van der Waals surface area contributed by atoms with Crippen LogP contribution in [0.4, 0.5) is 0 Å². The lowest BCUT2D eigenvalue weighted by molar-refractivity contribution is -0.481. The summed E-state index contributed by atoms with van der Waals surface area (Å²) in [6.45, 7) is 3.33. The van der Waals surface area contributed by atoms with E-state index in [4.69, 9.17) is 10.5 Å². The van der Waals surface area contributed by atoms with Crippen molar-refractivity contribution in [2.24, 2.45) is 0 Å². The summed E-state index contributed by atoms with van der Waals surface area (Å²) in [6.07, 6.45) is 1.21. The molecule has 0 unspecified atom stereocenters. The molecule has 0 heterocycles. The van der Waals surface area contributed by atoms with Gasteiger partial charge in [0.15, 0.2) is 0 Å². The Labute approximate surface area is 53.9 Å². The molecule has 0 bridgehead atoms. The monoisotopic (exact) mass is 136 g/mol. The van der Waals surface area contributed by atoms with Gasteiger partial charge in [-0.25, -0.2) is 20.3 Å². The number of rotatable bonds is 4. The molecule has 0 atom stereocenters. The van der Waals surface area contributed by atoms with Crippen molar-refractivity contribution < 1.29 is 20.3 Å². The standard InChI is InChI=1S/C5H12O4/c1-3-4-5(2,8-6)9-7/h6-7H,3-4H2,1-2H3. The van der Waals surface area contributed by atoms with Crippen molar-refractivity contribution in [2.45, 2.75) is 32.5 Å². The van der Waals surface area contributed by atoms with Gasteiger partial charge in [0.25, 0.3) is 0 Å². The van der Waals surface area contributed by atoms with Gasteiger partial charge in [-0.05, 0) is 6.92 Å². The van der Waals surface area contributed by atoms with Crippen molar-refractivity contribution in [3.63, 3.8) is 0 Å². The molecule has 0 saturated carbocycles. The van der Waals surface area contributed by atoms with Crippen molar-refractivity contribution >= 4 is 0 Å². The van der Waals surface area contributed by atoms with Gasteiger partial charge >= 0.3 is 0 Å². The lowest BCUT2D eigenvalue weighted by Crippen LogP contribution is -2.29. The Kier molecular flexibility index (Phi) is 3.72. The Morgan fingerprint density at radius 1 is 1.33 bits per heavy atom. The van der Waals surface area contributed by atoms with Crippen LogP contribution in [0.1, 0.15) is 26.7 Å². The Hall–Kier alpha value is -0.160. The first-order valence-electron chi connectivity index (χ1n) is 2.83. The van der Waals surface area contributed by atoms with Crippen molar-refractivity contribution in [3.05, 3.63) is 0 Å². The Balaban J connectivity index is 3.62. The van der Waals surface area contributed by atoms with Gasteiger partial charge in [0, 0.05) is 6.42 Å². The summed E-state index contributed by atoms with van der Waals surface area (Å²) in [6, 6.07) is 0. The average molecular weight is 136 g/mol. The molecule has 2 N–H and O–H groups in total. The lowest BCUT2D eigenvalue weighted by Gasteiger charge is -2.20. The molecule has 0 aliphatic rings. The van der Waals surface area contributed by atoms with Crippen LogP contribution in [-0.4, -0.2) is 16.3 Å². The zero-order valence-electron chi connectivity index (χ0n) is 5.63. The van der Waals surface area contributed by atoms with Crippen molar-refractivity contribution in [1.82, 2.24) is 0 Å². The third-order valence-corrected chi connectivity index (χ3v) is 1.09. The van der Waals surface area contributed by atoms with Crippen LogP contribution in [0.25, 0.3) is 0 Å². The molecule has 4 heteroatoms. The molecule has 9 heavy (non-hydrogen) atoms. The smallest absolute Gasteiger partial charge is 0.230 e. The van der Waals surface area contributed by atoms with E-state index in [1.165, 1.54) is 6.92 Å². The van der Waals surface area contributed by atoms with E-state index < -0.39 is 5.79 Å². The first kappa shape index (κ1) is 8.84. The molecular formula is C5H12O4. The third kappa shape index (κ3) is 2.76. The second-order valence-electron chi connectivity index (χ2n) is 2.07. The van der Waals surface area contributed by atoms with Crippen molar-refractivity contribution in [3.8, 4) is 0 Å². The first-order chi connectivity index (χ1) is 4.18. The average Bonchev–Trinajstić information content (AvgIpc) is 1.89. The zero-order chi connectivity index (χ0) is 7.33. The fourth-order valence-corrected chi connectivity index (χ4v) is 0.562. The lowest BCUT2D eigenvalue weighted by atomic mass is 10.2. The minimum Gasteiger partial charge on any atom is -0.249 e. The van der Waals surface area contributed by atoms with E-state index in [2.05, 4.69) is 9.78 Å². The summed E-state index contributed by atoms with van der Waals surface area (Å²) in [5, 5.41) is 16.3. The fourth-order valence-electron chi connectivity index (χ4n) is 0.562. The predicted octanol–water partition coefficient (Wildman–Crippen LogP) is 1.48. The van der Waals surface area contributed by atoms with Gasteiger partial charge in [-0.3, -0.25) is 0 Å². The maximum absolute atomic E-state index is 8.13. The SMILES string of the molecule is CCCC(C)(OO)OO. The molecule has 0 rings (SSSR count). The van der Waals surface area contributed by atoms with Crippen LogP contribution in [0.3, 0.4) is 0 Å². The number of hydrogen-bond donors (Lipinski definition) is 2. The van der Waals surface area contributed by atoms with Crippen molar-refractivity contribution in [2.75, 3.05) is 0 Å². The van der Waals surface area contributed by atoms with E-state index in [1.807, 2.05) is 6.92 Å². The highest BCUT2D eigenvalue weighted by Crippen LogP contribution is 2.15. The van der Waals surface area contributed by atoms with E-state index in [0.717, 1.165) is 6.42 Å². The minimum atomic E-state index is -1.26. The quantitative estimate of drug-likeness (QED) is 0.349. The topological polar surface area (TPSA) is 58.9 Å². The van der Waals surface area contributed by atoms with Gasteiger partial charge in [0.05, 0.1) is 0 Å². The summed E-state index contributed by atoms with van der Waals surface area (Å²) in [4.78, 5) is 7.71. The molecule has 4 nitrogen and oxygen atoms in total. The first-order valence-corrected chi connectivity index (χ1v) is 2.83. The zero-order valence-corrected chi connectivity index (χ0v) is 5.63. The second-order valence-corrected chi connectivity index (χ2v) is 2.07. The van der Waals surface area contributed by atoms with Gasteiger partial charge in [0.2, 0.25) is 5.79 Å². The minimum absolute atomic E-state index is 0.444. The van der Waals surface area contributed by atoms with Crippen LogP contribution in [0, 0.1) is 0 Å². The molecular weight excluding hydrogens is 124 g/mol. The molecule has 0 aromatic heterocycles. The van der Waals surface area contributed by atoms with Gasteiger partial charge in [-0.15, -0.1) is 0 Å². The van der Waals surface area contributed by atoms with Crippen LogP contribution in [0.15, 0.2) is 0 Å². The van der Waals surface area contributed by atoms with Crippen LogP contribution in [-0.2, 0) is 9.78 Å². The van der Waals surface area contributed by atoms with E-state index in [1.54, 1.807) is 0 Å². The molecule has 0 aromatic carbocycles. The van der Waals surface area contributed by atoms with Gasteiger partial charge in [-0.2, -0.15) is 0 Å². The molecule has 56 valence electrons. The van der Waals surface area contributed by atoms with E-state index in [0.29, 0.717) is 6.42 Å². The highest BCUT2D eigenvalue weighted by atomic mass is 17.2. The molecule has 0 aromatic rings. The van der Waals surface area contributed by atoms with Crippen LogP contribution < -0.4 is 0 Å². The Bertz CT molecular complexity index is 69.4. The number of hydrogen-bond acceptors (Lipinski definition) is 4. The second kappa shape index (κ2) is 3.79. The van der Waals surface area contributed by atoms with E-state index in [9.17, 15) is 0 Å². The Morgan fingerprint density at radius 2 is 1.78 bits per heavy atom. The summed E-state index contributed by atoms with van der Waals surface area (Å²) in [7, 11) is 0. The molecule has 0 fully saturated rings. The summed E-state index contributed by atoms with van der Waals surface area (Å²) in [5.41, 5.74) is 0. The van der Waals surface area contributed by atoms with Crippen molar-refractivity contribution in [1.29, 1.82) is 0 Å². The molecule has 0 spiro atoms. The van der Waals surface area contributed by atoms with Gasteiger partial charge < -0.3 is 0 Å². The largest absolute Gasteiger partial charge is 0.249 e. The van der Waals surface area contributed by atoms with E-state index in [-0.39, 0.29) is 0 Å². The maximum Gasteiger partial charge on any atom is 0.230 e. The van der Waals surface area contributed by atoms with E-state index >= 15 is 0 Å². The van der Waals surface area contributed by atoms with Crippen LogP contribution in [0.2, 0.25) is 0 Å². The predicted molar refractivity (Wildman–Crippen MR) is 30.7 cm³/mol. The third-order valence-electron chi connectivity index (χ3n) is 1.09. The molecule has 0 aliphatic carbocycles. The normalized spacial score (nSPS) is 12.0. The van der Waals surface area contributed by atoms with Crippen LogP contribution in [0.5, 0.6) is 0 Å². The Morgan fingerprint density at radius 3 is 1.89 bits per heavy atom. The molecule has 0 radical (unpaired) electrons.